The molecule has 2 heterocycles. The fraction of sp³-hybridized carbons (Fsp3) is 0.190. The third kappa shape index (κ3) is 4.08. The zero-order valence-electron chi connectivity index (χ0n) is 16.9. The second-order valence-electron chi connectivity index (χ2n) is 6.71. The summed E-state index contributed by atoms with van der Waals surface area (Å²) < 4.78 is 10.4. The molecule has 0 bridgehead atoms. The Morgan fingerprint density at radius 2 is 2.03 bits per heavy atom. The Balaban J connectivity index is 1.42. The van der Waals surface area contributed by atoms with Crippen molar-refractivity contribution in [1.29, 1.82) is 0 Å². The number of hydrogen-bond donors (Lipinski definition) is 2. The highest BCUT2D eigenvalue weighted by molar-refractivity contribution is 6.14. The molecule has 2 aliphatic rings. The Morgan fingerprint density at radius 3 is 2.84 bits per heavy atom. The van der Waals surface area contributed by atoms with Crippen LogP contribution >= 0.6 is 0 Å². The summed E-state index contributed by atoms with van der Waals surface area (Å²) in [5, 5.41) is 8.10. The van der Waals surface area contributed by atoms with Crippen LogP contribution in [-0.2, 0) is 9.59 Å². The number of carbonyl (C=O) groups excluding carboxylic acids is 2. The first-order valence-corrected chi connectivity index (χ1v) is 9.44. The number of amidine groups is 1. The number of nitrogens with zero attached hydrogens (tertiary/aromatic N) is 4. The van der Waals surface area contributed by atoms with Crippen LogP contribution in [0.25, 0.3) is 0 Å². The van der Waals surface area contributed by atoms with Crippen LogP contribution in [-0.4, -0.2) is 55.4 Å². The minimum Gasteiger partial charge on any atom is -0.493 e. The number of aliphatic imine (C=N–C) groups is 1. The standard InChI is InChI=1S/C21H20N6O4/c1-30-17-8-7-13(9-18(17)31-2)11-23-24-19(28)10-16-21(29)26-25-20-14-5-3-4-6-15(14)22-12-27(16)20/h3-9,11-12,16H,10H2,1-2H3,(H,24,28)(H,26,29)/b23-11+. The fourth-order valence-corrected chi connectivity index (χ4v) is 3.27. The van der Waals surface area contributed by atoms with Crippen molar-refractivity contribution in [1.82, 2.24) is 15.8 Å². The van der Waals surface area contributed by atoms with Gasteiger partial charge in [0.25, 0.3) is 5.91 Å². The molecule has 10 nitrogen and oxygen atoms in total. The van der Waals surface area contributed by atoms with Gasteiger partial charge in [0.05, 0.1) is 38.9 Å². The Hall–Kier alpha value is -4.21. The predicted octanol–water partition coefficient (Wildman–Crippen LogP) is 1.38. The van der Waals surface area contributed by atoms with Gasteiger partial charge in [-0.1, -0.05) is 12.1 Å². The van der Waals surface area contributed by atoms with Gasteiger partial charge in [-0.15, -0.1) is 0 Å². The summed E-state index contributed by atoms with van der Waals surface area (Å²) in [6, 6.07) is 11.9. The second kappa shape index (κ2) is 8.66. The third-order valence-corrected chi connectivity index (χ3v) is 4.81. The Kier molecular flexibility index (Phi) is 5.61. The summed E-state index contributed by atoms with van der Waals surface area (Å²) >= 11 is 0. The molecule has 0 saturated carbocycles. The summed E-state index contributed by atoms with van der Waals surface area (Å²) in [6.45, 7) is 0. The van der Waals surface area contributed by atoms with Crippen LogP contribution in [0.2, 0.25) is 0 Å². The molecule has 31 heavy (non-hydrogen) atoms. The number of hydrazone groups is 2. The number of benzene rings is 2. The molecule has 158 valence electrons. The van der Waals surface area contributed by atoms with E-state index in [0.717, 1.165) is 11.3 Å². The van der Waals surface area contributed by atoms with E-state index in [0.29, 0.717) is 22.9 Å². The first-order chi connectivity index (χ1) is 15.1. The van der Waals surface area contributed by atoms with Crippen LogP contribution < -0.4 is 20.3 Å². The zero-order chi connectivity index (χ0) is 21.8. The molecule has 2 aromatic carbocycles. The minimum absolute atomic E-state index is 0.123. The lowest BCUT2D eigenvalue weighted by atomic mass is 10.1. The van der Waals surface area contributed by atoms with E-state index in [4.69, 9.17) is 9.47 Å². The molecule has 0 radical (unpaired) electrons. The quantitative estimate of drug-likeness (QED) is 0.541. The highest BCUT2D eigenvalue weighted by Crippen LogP contribution is 2.28. The van der Waals surface area contributed by atoms with Crippen LogP contribution in [0.3, 0.4) is 0 Å². The van der Waals surface area contributed by atoms with Gasteiger partial charge in [-0.3, -0.25) is 9.59 Å². The zero-order valence-corrected chi connectivity index (χ0v) is 16.9. The molecule has 0 saturated heterocycles. The van der Waals surface area contributed by atoms with E-state index in [2.05, 4.69) is 26.0 Å². The van der Waals surface area contributed by atoms with Crippen LogP contribution in [0.4, 0.5) is 5.69 Å². The largest absolute Gasteiger partial charge is 0.493 e. The summed E-state index contributed by atoms with van der Waals surface area (Å²) in [5.41, 5.74) is 7.17. The van der Waals surface area contributed by atoms with Crippen LogP contribution in [0.5, 0.6) is 11.5 Å². The van der Waals surface area contributed by atoms with Gasteiger partial charge in [0.2, 0.25) is 5.91 Å². The summed E-state index contributed by atoms with van der Waals surface area (Å²) in [6.07, 6.45) is 2.87. The van der Waals surface area contributed by atoms with Gasteiger partial charge in [0.1, 0.15) is 6.04 Å². The van der Waals surface area contributed by atoms with Crippen molar-refractivity contribution in [2.24, 2.45) is 15.2 Å². The average molecular weight is 420 g/mol. The monoisotopic (exact) mass is 420 g/mol. The highest BCUT2D eigenvalue weighted by Gasteiger charge is 2.36. The van der Waals surface area contributed by atoms with E-state index in [1.165, 1.54) is 19.7 Å². The molecule has 4 rings (SSSR count). The molecule has 2 aromatic rings. The van der Waals surface area contributed by atoms with Crippen molar-refractivity contribution in [2.75, 3.05) is 14.2 Å². The number of carbonyl (C=O) groups is 2. The van der Waals surface area contributed by atoms with Crippen LogP contribution in [0, 0.1) is 0 Å². The van der Waals surface area contributed by atoms with Crippen molar-refractivity contribution < 1.29 is 19.1 Å². The minimum atomic E-state index is -0.791. The van der Waals surface area contributed by atoms with E-state index >= 15 is 0 Å². The van der Waals surface area contributed by atoms with Crippen LogP contribution in [0.1, 0.15) is 17.5 Å². The number of methoxy groups -OCH3 is 2. The first kappa shape index (κ1) is 20.1. The number of amides is 2. The maximum absolute atomic E-state index is 12.4. The predicted molar refractivity (Wildman–Crippen MR) is 115 cm³/mol. The summed E-state index contributed by atoms with van der Waals surface area (Å²) in [4.78, 5) is 30.7. The Morgan fingerprint density at radius 1 is 1.23 bits per heavy atom. The van der Waals surface area contributed by atoms with Gasteiger partial charge in [0, 0.05) is 5.56 Å². The van der Waals surface area contributed by atoms with Gasteiger partial charge in [-0.25, -0.2) is 15.8 Å². The number of ether oxygens (including phenoxy) is 2. The van der Waals surface area contributed by atoms with Crippen molar-refractivity contribution in [3.63, 3.8) is 0 Å². The lowest BCUT2D eigenvalue weighted by Crippen LogP contribution is -2.55. The molecule has 2 N–H and O–H groups in total. The normalized spacial score (nSPS) is 16.8. The first-order valence-electron chi connectivity index (χ1n) is 9.44. The van der Waals surface area contributed by atoms with Gasteiger partial charge < -0.3 is 14.4 Å². The van der Waals surface area contributed by atoms with E-state index in [-0.39, 0.29) is 6.42 Å². The number of nitrogens with one attached hydrogen (secondary N) is 2. The van der Waals surface area contributed by atoms with Gasteiger partial charge in [-0.05, 0) is 35.9 Å². The topological polar surface area (TPSA) is 117 Å². The van der Waals surface area contributed by atoms with E-state index < -0.39 is 17.9 Å². The van der Waals surface area contributed by atoms with Crippen molar-refractivity contribution >= 4 is 35.9 Å². The molecular weight excluding hydrogens is 400 g/mol. The second-order valence-corrected chi connectivity index (χ2v) is 6.71. The molecule has 0 aromatic heterocycles. The molecular formula is C21H20N6O4. The van der Waals surface area contributed by atoms with E-state index in [1.54, 1.807) is 30.2 Å². The van der Waals surface area contributed by atoms with Gasteiger partial charge >= 0.3 is 0 Å². The van der Waals surface area contributed by atoms with Crippen molar-refractivity contribution in [2.45, 2.75) is 12.5 Å². The molecule has 0 spiro atoms. The Labute approximate surface area is 178 Å². The van der Waals surface area contributed by atoms with E-state index in [1.807, 2.05) is 24.3 Å². The molecule has 2 aliphatic heterocycles. The summed E-state index contributed by atoms with van der Waals surface area (Å²) in [5.74, 6) is 0.859. The maximum Gasteiger partial charge on any atom is 0.263 e. The number of para-hydroxylation sites is 1. The lowest BCUT2D eigenvalue weighted by Gasteiger charge is -2.34. The maximum atomic E-state index is 12.4. The molecule has 1 unspecified atom stereocenters. The van der Waals surface area contributed by atoms with Crippen LogP contribution in [0.15, 0.2) is 57.7 Å². The van der Waals surface area contributed by atoms with Crippen molar-refractivity contribution in [3.8, 4) is 11.5 Å². The molecule has 0 fully saturated rings. The average Bonchev–Trinajstić information content (AvgIpc) is 2.80. The fourth-order valence-electron chi connectivity index (χ4n) is 3.27. The molecule has 2 amide bonds. The Bertz CT molecular complexity index is 1110. The SMILES string of the molecule is COc1ccc(/C=N/NC(=O)CC2C(=O)NN=C3c4ccccc4N=CN32)cc1OC. The van der Waals surface area contributed by atoms with Gasteiger partial charge in [-0.2, -0.15) is 10.2 Å². The molecule has 10 heteroatoms. The smallest absolute Gasteiger partial charge is 0.263 e. The number of fused-ring (bicyclic) bond motifs is 3. The van der Waals surface area contributed by atoms with Gasteiger partial charge in [0.15, 0.2) is 17.3 Å². The highest BCUT2D eigenvalue weighted by atomic mass is 16.5. The van der Waals surface area contributed by atoms with Crippen molar-refractivity contribution in [3.05, 3.63) is 53.6 Å². The summed E-state index contributed by atoms with van der Waals surface area (Å²) in [7, 11) is 3.09. The molecule has 1 atom stereocenters. The number of rotatable bonds is 6. The molecule has 0 aliphatic carbocycles. The van der Waals surface area contributed by atoms with E-state index in [9.17, 15) is 9.59 Å². The number of hydrogen-bond acceptors (Lipinski definition) is 8. The lowest BCUT2D eigenvalue weighted by molar-refractivity contribution is -0.130. The third-order valence-electron chi connectivity index (χ3n) is 4.81.